The van der Waals surface area contributed by atoms with Gasteiger partial charge in [0.15, 0.2) is 0 Å². The first-order valence-electron chi connectivity index (χ1n) is 7.92. The van der Waals surface area contributed by atoms with E-state index in [1.165, 1.54) is 23.5 Å². The van der Waals surface area contributed by atoms with E-state index in [9.17, 15) is 9.18 Å². The van der Waals surface area contributed by atoms with Gasteiger partial charge in [-0.15, -0.1) is 11.3 Å². The SMILES string of the molecule is CC(=NNC(=O)c1cc(C)n(-c2ccc(F)cc2)c1C)c1ccc(Cl)s1. The standard InChI is InChI=1S/C19H17ClFN3OS/c1-11-10-16(13(3)24(11)15-6-4-14(21)5-7-15)19(25)23-22-12(2)17-8-9-18(20)26-17/h4-10H,1-3H3,(H,23,25). The zero-order valence-corrected chi connectivity index (χ0v) is 16.1. The van der Waals surface area contributed by atoms with Gasteiger partial charge >= 0.3 is 0 Å². The van der Waals surface area contributed by atoms with Crippen LogP contribution in [0.15, 0.2) is 47.6 Å². The fourth-order valence-electron chi connectivity index (χ4n) is 2.74. The van der Waals surface area contributed by atoms with Crippen LogP contribution in [-0.2, 0) is 0 Å². The first-order valence-corrected chi connectivity index (χ1v) is 9.11. The van der Waals surface area contributed by atoms with Gasteiger partial charge in [0.25, 0.3) is 5.91 Å². The van der Waals surface area contributed by atoms with E-state index in [1.807, 2.05) is 31.4 Å². The molecule has 4 nitrogen and oxygen atoms in total. The van der Waals surface area contributed by atoms with Gasteiger partial charge in [-0.3, -0.25) is 4.79 Å². The van der Waals surface area contributed by atoms with Crippen LogP contribution < -0.4 is 5.43 Å². The summed E-state index contributed by atoms with van der Waals surface area (Å²) in [6, 6.07) is 11.6. The average molecular weight is 390 g/mol. The molecule has 0 fully saturated rings. The Labute approximate surface area is 159 Å². The molecule has 0 unspecified atom stereocenters. The molecule has 26 heavy (non-hydrogen) atoms. The topological polar surface area (TPSA) is 46.4 Å². The number of rotatable bonds is 4. The summed E-state index contributed by atoms with van der Waals surface area (Å²) in [6.07, 6.45) is 0. The Hall–Kier alpha value is -2.44. The Balaban J connectivity index is 1.84. The Kier molecular flexibility index (Phi) is 5.25. The monoisotopic (exact) mass is 389 g/mol. The summed E-state index contributed by atoms with van der Waals surface area (Å²) in [4.78, 5) is 13.4. The lowest BCUT2D eigenvalue weighted by atomic mass is 10.2. The van der Waals surface area contributed by atoms with Crippen molar-refractivity contribution in [3.8, 4) is 5.69 Å². The maximum absolute atomic E-state index is 13.2. The van der Waals surface area contributed by atoms with Crippen molar-refractivity contribution < 1.29 is 9.18 Å². The number of amides is 1. The van der Waals surface area contributed by atoms with Crippen molar-refractivity contribution in [2.24, 2.45) is 5.10 Å². The van der Waals surface area contributed by atoms with Crippen LogP contribution in [0.1, 0.15) is 33.5 Å². The summed E-state index contributed by atoms with van der Waals surface area (Å²) in [5, 5.41) is 4.16. The average Bonchev–Trinajstić information content (AvgIpc) is 3.17. The van der Waals surface area contributed by atoms with Gasteiger partial charge in [0.1, 0.15) is 5.82 Å². The number of benzene rings is 1. The van der Waals surface area contributed by atoms with Gasteiger partial charge in [0, 0.05) is 17.1 Å². The molecule has 0 saturated heterocycles. The van der Waals surface area contributed by atoms with Crippen LogP contribution in [0.3, 0.4) is 0 Å². The minimum Gasteiger partial charge on any atom is -0.318 e. The number of hydrogen-bond donors (Lipinski definition) is 1. The van der Waals surface area contributed by atoms with Gasteiger partial charge in [-0.25, -0.2) is 9.82 Å². The Bertz CT molecular complexity index is 989. The normalized spacial score (nSPS) is 11.7. The van der Waals surface area contributed by atoms with Crippen molar-refractivity contribution in [3.05, 3.63) is 74.4 Å². The number of thiophene rings is 1. The van der Waals surface area contributed by atoms with Crippen molar-refractivity contribution in [2.75, 3.05) is 0 Å². The molecule has 1 amide bonds. The lowest BCUT2D eigenvalue weighted by molar-refractivity contribution is 0.0954. The molecule has 2 heterocycles. The van der Waals surface area contributed by atoms with Gasteiger partial charge in [-0.05, 0) is 63.2 Å². The molecule has 0 saturated carbocycles. The van der Waals surface area contributed by atoms with Crippen molar-refractivity contribution in [2.45, 2.75) is 20.8 Å². The van der Waals surface area contributed by atoms with E-state index in [0.717, 1.165) is 22.0 Å². The van der Waals surface area contributed by atoms with E-state index in [2.05, 4.69) is 10.5 Å². The zero-order valence-electron chi connectivity index (χ0n) is 14.5. The lowest BCUT2D eigenvalue weighted by Crippen LogP contribution is -2.19. The fourth-order valence-corrected chi connectivity index (χ4v) is 3.73. The smallest absolute Gasteiger partial charge is 0.273 e. The molecule has 134 valence electrons. The molecule has 0 aliphatic rings. The van der Waals surface area contributed by atoms with Crippen LogP contribution in [0.4, 0.5) is 4.39 Å². The predicted molar refractivity (Wildman–Crippen MR) is 104 cm³/mol. The number of nitrogens with one attached hydrogen (secondary N) is 1. The second kappa shape index (κ2) is 7.43. The van der Waals surface area contributed by atoms with Crippen LogP contribution in [0, 0.1) is 19.7 Å². The first kappa shape index (κ1) is 18.4. The number of carbonyl (C=O) groups is 1. The molecule has 1 N–H and O–H groups in total. The molecule has 1 aromatic carbocycles. The highest BCUT2D eigenvalue weighted by atomic mass is 35.5. The quantitative estimate of drug-likeness (QED) is 0.489. The van der Waals surface area contributed by atoms with Gasteiger partial charge < -0.3 is 4.57 Å². The summed E-state index contributed by atoms with van der Waals surface area (Å²) in [5.41, 5.74) is 6.23. The zero-order chi connectivity index (χ0) is 18.8. The van der Waals surface area contributed by atoms with Crippen LogP contribution in [-0.4, -0.2) is 16.2 Å². The molecule has 0 spiro atoms. The van der Waals surface area contributed by atoms with E-state index >= 15 is 0 Å². The number of hydrogen-bond acceptors (Lipinski definition) is 3. The number of halogens is 2. The molecule has 0 aliphatic heterocycles. The molecule has 3 rings (SSSR count). The summed E-state index contributed by atoms with van der Waals surface area (Å²) in [5.74, 6) is -0.596. The van der Waals surface area contributed by atoms with Crippen LogP contribution in [0.2, 0.25) is 4.34 Å². The van der Waals surface area contributed by atoms with Crippen molar-refractivity contribution in [1.82, 2.24) is 9.99 Å². The number of aromatic nitrogens is 1. The third-order valence-electron chi connectivity index (χ3n) is 4.02. The third-order valence-corrected chi connectivity index (χ3v) is 5.36. The van der Waals surface area contributed by atoms with Crippen LogP contribution in [0.25, 0.3) is 5.69 Å². The molecule has 7 heteroatoms. The molecular weight excluding hydrogens is 373 g/mol. The summed E-state index contributed by atoms with van der Waals surface area (Å²) < 4.78 is 15.7. The highest BCUT2D eigenvalue weighted by Gasteiger charge is 2.16. The molecule has 3 aromatic rings. The number of carbonyl (C=O) groups excluding carboxylic acids is 1. The Morgan fingerprint density at radius 2 is 1.88 bits per heavy atom. The Morgan fingerprint density at radius 1 is 1.19 bits per heavy atom. The third kappa shape index (κ3) is 3.71. The van der Waals surface area contributed by atoms with Gasteiger partial charge in [-0.1, -0.05) is 11.6 Å². The summed E-state index contributed by atoms with van der Waals surface area (Å²) >= 11 is 7.32. The lowest BCUT2D eigenvalue weighted by Gasteiger charge is -2.09. The molecule has 0 aliphatic carbocycles. The van der Waals surface area contributed by atoms with Gasteiger partial charge in [0.05, 0.1) is 20.5 Å². The minimum absolute atomic E-state index is 0.298. The van der Waals surface area contributed by atoms with E-state index in [4.69, 9.17) is 11.6 Å². The second-order valence-electron chi connectivity index (χ2n) is 5.84. The largest absolute Gasteiger partial charge is 0.318 e. The van der Waals surface area contributed by atoms with Gasteiger partial charge in [-0.2, -0.15) is 5.10 Å². The molecular formula is C19H17ClFN3OS. The molecule has 0 bridgehead atoms. The predicted octanol–water partition coefficient (Wildman–Crippen LogP) is 5.10. The summed E-state index contributed by atoms with van der Waals surface area (Å²) in [7, 11) is 0. The second-order valence-corrected chi connectivity index (χ2v) is 7.55. The minimum atomic E-state index is -0.298. The molecule has 0 atom stereocenters. The van der Waals surface area contributed by atoms with Crippen molar-refractivity contribution in [1.29, 1.82) is 0 Å². The summed E-state index contributed by atoms with van der Waals surface area (Å²) in [6.45, 7) is 5.56. The van der Waals surface area contributed by atoms with E-state index in [1.54, 1.807) is 24.3 Å². The number of nitrogens with zero attached hydrogens (tertiary/aromatic N) is 2. The highest BCUT2D eigenvalue weighted by Crippen LogP contribution is 2.23. The van der Waals surface area contributed by atoms with Crippen LogP contribution in [0.5, 0.6) is 0 Å². The number of aryl methyl sites for hydroxylation is 1. The van der Waals surface area contributed by atoms with Crippen molar-refractivity contribution in [3.63, 3.8) is 0 Å². The van der Waals surface area contributed by atoms with Gasteiger partial charge in [0.2, 0.25) is 0 Å². The Morgan fingerprint density at radius 3 is 2.50 bits per heavy atom. The number of hydrazone groups is 1. The van der Waals surface area contributed by atoms with Crippen LogP contribution >= 0.6 is 22.9 Å². The first-order chi connectivity index (χ1) is 12.4. The van der Waals surface area contributed by atoms with E-state index in [-0.39, 0.29) is 11.7 Å². The molecule has 0 radical (unpaired) electrons. The maximum Gasteiger partial charge on any atom is 0.273 e. The highest BCUT2D eigenvalue weighted by molar-refractivity contribution is 7.18. The molecule has 2 aromatic heterocycles. The maximum atomic E-state index is 13.2. The van der Waals surface area contributed by atoms with Crippen molar-refractivity contribution >= 4 is 34.6 Å². The fraction of sp³-hybridized carbons (Fsp3) is 0.158. The van der Waals surface area contributed by atoms with E-state index in [0.29, 0.717) is 15.6 Å². The van der Waals surface area contributed by atoms with E-state index < -0.39 is 0 Å².